The predicted octanol–water partition coefficient (Wildman–Crippen LogP) is -0.718. The molecule has 25 heavy (non-hydrogen) atoms. The van der Waals surface area contributed by atoms with E-state index in [0.717, 1.165) is 0 Å². The minimum atomic E-state index is -0.967. The number of pyridine rings is 1. The number of amides is 1. The first kappa shape index (κ1) is 16.0. The number of aromatic nitrogens is 5. The van der Waals surface area contributed by atoms with Crippen LogP contribution in [0.25, 0.3) is 17.2 Å². The number of nitrogens with zero attached hydrogens (tertiary/aromatic N) is 5. The van der Waals surface area contributed by atoms with Crippen LogP contribution in [-0.4, -0.2) is 42.0 Å². The van der Waals surface area contributed by atoms with E-state index in [2.05, 4.69) is 25.2 Å². The van der Waals surface area contributed by atoms with Crippen molar-refractivity contribution in [2.75, 3.05) is 0 Å². The number of aromatic amines is 1. The molecule has 0 bridgehead atoms. The lowest BCUT2D eigenvalue weighted by Gasteiger charge is -2.03. The maximum Gasteiger partial charge on any atom is 0.275 e. The second-order valence-electron chi connectivity index (χ2n) is 5.05. The summed E-state index contributed by atoms with van der Waals surface area (Å²) in [5.41, 5.74) is 10.9. The number of carbonyl (C=O) groups excluding carboxylic acids is 1. The molecule has 0 aliphatic carbocycles. The van der Waals surface area contributed by atoms with Gasteiger partial charge in [0.15, 0.2) is 17.4 Å². The Bertz CT molecular complexity index is 1080. The Kier molecular flexibility index (Phi) is 3.81. The molecule has 0 aliphatic rings. The number of nitrogens with two attached hydrogens (primary N) is 2. The minimum Gasteiger partial charge on any atom is -0.382 e. The SMILES string of the molecule is Cc1nc(=O)cc2[nH]nc(-c3ccc(N=C(N)C(=N)C(N)=O)cn3)n12. The summed E-state index contributed by atoms with van der Waals surface area (Å²) < 4.78 is 1.66. The molecule has 3 heterocycles. The van der Waals surface area contributed by atoms with Crippen LogP contribution >= 0.6 is 0 Å². The number of primary amides is 1. The number of nitrogens with one attached hydrogen (secondary N) is 2. The highest BCUT2D eigenvalue weighted by Gasteiger charge is 2.12. The van der Waals surface area contributed by atoms with E-state index in [-0.39, 0.29) is 11.4 Å². The number of fused-ring (bicyclic) bond motifs is 1. The van der Waals surface area contributed by atoms with Crippen LogP contribution in [-0.2, 0) is 4.79 Å². The Balaban J connectivity index is 1.99. The maximum atomic E-state index is 11.4. The zero-order chi connectivity index (χ0) is 18.1. The molecule has 11 nitrogen and oxygen atoms in total. The summed E-state index contributed by atoms with van der Waals surface area (Å²) in [7, 11) is 0. The number of hydrogen-bond acceptors (Lipinski definition) is 7. The van der Waals surface area contributed by atoms with Gasteiger partial charge in [0.1, 0.15) is 17.2 Å². The molecule has 0 spiro atoms. The smallest absolute Gasteiger partial charge is 0.275 e. The Morgan fingerprint density at radius 1 is 1.36 bits per heavy atom. The summed E-state index contributed by atoms with van der Waals surface area (Å²) >= 11 is 0. The third kappa shape index (κ3) is 2.97. The quantitative estimate of drug-likeness (QED) is 0.359. The van der Waals surface area contributed by atoms with E-state index in [1.807, 2.05) is 0 Å². The summed E-state index contributed by atoms with van der Waals surface area (Å²) in [6.45, 7) is 1.68. The maximum absolute atomic E-state index is 11.4. The van der Waals surface area contributed by atoms with Crippen LogP contribution in [0, 0.1) is 12.3 Å². The van der Waals surface area contributed by atoms with Gasteiger partial charge in [-0.25, -0.2) is 4.99 Å². The molecule has 0 saturated carbocycles. The number of H-pyrrole nitrogens is 1. The third-order valence-electron chi connectivity index (χ3n) is 3.31. The van der Waals surface area contributed by atoms with E-state index >= 15 is 0 Å². The highest BCUT2D eigenvalue weighted by Crippen LogP contribution is 2.19. The van der Waals surface area contributed by atoms with E-state index in [1.54, 1.807) is 23.5 Å². The third-order valence-corrected chi connectivity index (χ3v) is 3.31. The zero-order valence-corrected chi connectivity index (χ0v) is 13.0. The fourth-order valence-corrected chi connectivity index (χ4v) is 2.18. The van der Waals surface area contributed by atoms with Gasteiger partial charge >= 0.3 is 0 Å². The van der Waals surface area contributed by atoms with Crippen molar-refractivity contribution in [3.63, 3.8) is 0 Å². The molecule has 126 valence electrons. The Morgan fingerprint density at radius 3 is 2.76 bits per heavy atom. The summed E-state index contributed by atoms with van der Waals surface area (Å²) in [5.74, 6) is -0.335. The highest BCUT2D eigenvalue weighted by molar-refractivity contribution is 6.65. The second kappa shape index (κ2) is 5.96. The second-order valence-corrected chi connectivity index (χ2v) is 5.05. The van der Waals surface area contributed by atoms with Crippen molar-refractivity contribution in [1.82, 2.24) is 24.6 Å². The Hall–Kier alpha value is -3.89. The number of rotatable bonds is 4. The minimum absolute atomic E-state index is 0.301. The zero-order valence-electron chi connectivity index (χ0n) is 13.0. The lowest BCUT2D eigenvalue weighted by atomic mass is 10.3. The van der Waals surface area contributed by atoms with Gasteiger partial charge in [-0.05, 0) is 19.1 Å². The van der Waals surface area contributed by atoms with Crippen molar-refractivity contribution in [1.29, 1.82) is 5.41 Å². The van der Waals surface area contributed by atoms with Crippen LogP contribution in [0.5, 0.6) is 0 Å². The molecule has 0 saturated heterocycles. The molecule has 3 aromatic rings. The number of carbonyl (C=O) groups is 1. The van der Waals surface area contributed by atoms with Crippen molar-refractivity contribution in [2.45, 2.75) is 6.92 Å². The van der Waals surface area contributed by atoms with E-state index in [9.17, 15) is 9.59 Å². The van der Waals surface area contributed by atoms with Gasteiger partial charge in [0.25, 0.3) is 11.5 Å². The van der Waals surface area contributed by atoms with Gasteiger partial charge in [0.05, 0.1) is 11.9 Å². The average molecular weight is 339 g/mol. The molecule has 0 radical (unpaired) electrons. The van der Waals surface area contributed by atoms with Crippen molar-refractivity contribution in [2.24, 2.45) is 16.5 Å². The van der Waals surface area contributed by atoms with Gasteiger partial charge < -0.3 is 11.5 Å². The molecule has 6 N–H and O–H groups in total. The molecule has 3 rings (SSSR count). The fraction of sp³-hybridized carbons (Fsp3) is 0.0714. The topological polar surface area (TPSA) is 181 Å². The van der Waals surface area contributed by atoms with Crippen molar-refractivity contribution < 1.29 is 4.79 Å². The van der Waals surface area contributed by atoms with E-state index in [0.29, 0.717) is 28.7 Å². The van der Waals surface area contributed by atoms with Gasteiger partial charge in [0, 0.05) is 6.07 Å². The molecule has 0 aliphatic heterocycles. The Labute approximate surface area is 139 Å². The van der Waals surface area contributed by atoms with Crippen LogP contribution < -0.4 is 17.0 Å². The number of aliphatic imine (C=N–C) groups is 1. The normalized spacial score (nSPS) is 11.6. The molecule has 0 aromatic carbocycles. The first-order valence-electron chi connectivity index (χ1n) is 7.01. The number of aryl methyl sites for hydroxylation is 1. The highest BCUT2D eigenvalue weighted by atomic mass is 16.1. The van der Waals surface area contributed by atoms with Gasteiger partial charge in [-0.3, -0.25) is 29.5 Å². The molecule has 0 fully saturated rings. The first-order valence-corrected chi connectivity index (χ1v) is 7.01. The summed E-state index contributed by atoms with van der Waals surface area (Å²) in [4.78, 5) is 34.3. The molecule has 3 aromatic heterocycles. The predicted molar refractivity (Wildman–Crippen MR) is 89.8 cm³/mol. The van der Waals surface area contributed by atoms with Crippen LogP contribution in [0.1, 0.15) is 5.82 Å². The van der Waals surface area contributed by atoms with Crippen LogP contribution in [0.15, 0.2) is 34.2 Å². The van der Waals surface area contributed by atoms with Crippen LogP contribution in [0.4, 0.5) is 5.69 Å². The largest absolute Gasteiger partial charge is 0.382 e. The number of hydrogen-bond donors (Lipinski definition) is 4. The summed E-state index contributed by atoms with van der Waals surface area (Å²) in [6, 6.07) is 4.56. The first-order chi connectivity index (χ1) is 11.9. The van der Waals surface area contributed by atoms with Gasteiger partial charge in [-0.15, -0.1) is 0 Å². The molecular formula is C14H13N9O2. The summed E-state index contributed by atoms with van der Waals surface area (Å²) in [6.07, 6.45) is 1.41. The van der Waals surface area contributed by atoms with E-state index < -0.39 is 11.6 Å². The molecule has 0 unspecified atom stereocenters. The lowest BCUT2D eigenvalue weighted by Crippen LogP contribution is -2.34. The van der Waals surface area contributed by atoms with Crippen molar-refractivity contribution >= 4 is 28.8 Å². The van der Waals surface area contributed by atoms with Crippen LogP contribution in [0.3, 0.4) is 0 Å². The average Bonchev–Trinajstić information content (AvgIpc) is 2.98. The van der Waals surface area contributed by atoms with Crippen molar-refractivity contribution in [3.05, 3.63) is 40.6 Å². The molecule has 0 atom stereocenters. The Morgan fingerprint density at radius 2 is 2.12 bits per heavy atom. The van der Waals surface area contributed by atoms with Gasteiger partial charge in [-0.1, -0.05) is 0 Å². The molecule has 1 amide bonds. The summed E-state index contributed by atoms with van der Waals surface area (Å²) in [5, 5.41) is 14.3. The van der Waals surface area contributed by atoms with Gasteiger partial charge in [0.2, 0.25) is 0 Å². The fourth-order valence-electron chi connectivity index (χ4n) is 2.18. The molecule has 11 heteroatoms. The monoisotopic (exact) mass is 339 g/mol. The number of amidine groups is 1. The standard InChI is InChI=1S/C14H13N9O2/c1-6-19-10(24)4-9-21-22-14(23(6)9)8-3-2-7(5-18-8)20-12(16)11(15)13(17)25/h2-5,15,21H,1H3,(H2,16,20)(H2,17,25). The van der Waals surface area contributed by atoms with Gasteiger partial charge in [-0.2, -0.15) is 10.1 Å². The van der Waals surface area contributed by atoms with E-state index in [4.69, 9.17) is 16.9 Å². The molecular weight excluding hydrogens is 326 g/mol. The van der Waals surface area contributed by atoms with Crippen LogP contribution in [0.2, 0.25) is 0 Å². The van der Waals surface area contributed by atoms with E-state index in [1.165, 1.54) is 12.3 Å². The lowest BCUT2D eigenvalue weighted by molar-refractivity contribution is -0.111. The van der Waals surface area contributed by atoms with Crippen molar-refractivity contribution in [3.8, 4) is 11.5 Å².